The molecule has 12 heavy (non-hydrogen) atoms. The van der Waals surface area contributed by atoms with Gasteiger partial charge in [-0.25, -0.2) is 0 Å². The summed E-state index contributed by atoms with van der Waals surface area (Å²) < 4.78 is 0. The molecule has 0 heterocycles. The van der Waals surface area contributed by atoms with Crippen LogP contribution in [0.4, 0.5) is 5.69 Å². The minimum Gasteiger partial charge on any atom is -0.326 e. The Labute approximate surface area is 70.2 Å². The molecule has 1 rings (SSSR count). The van der Waals surface area contributed by atoms with Crippen molar-refractivity contribution >= 4 is 5.69 Å². The molecule has 0 saturated heterocycles. The van der Waals surface area contributed by atoms with E-state index in [1.165, 1.54) is 18.7 Å². The van der Waals surface area contributed by atoms with Crippen LogP contribution in [0.2, 0.25) is 0 Å². The van der Waals surface area contributed by atoms with E-state index in [1.807, 2.05) is 0 Å². The lowest BCUT2D eigenvalue weighted by Crippen LogP contribution is -1.95. The molecule has 1 aromatic rings. The molecule has 1 radical (unpaired) electrons. The Hall–Kier alpha value is -1.42. The number of nitrogens with two attached hydrogens (primary N) is 1. The topological polar surface area (TPSA) is 69.2 Å². The molecule has 0 unspecified atom stereocenters. The van der Waals surface area contributed by atoms with Crippen LogP contribution >= 0.6 is 0 Å². The summed E-state index contributed by atoms with van der Waals surface area (Å²) in [5.41, 5.74) is 6.28. The molecule has 0 aliphatic carbocycles. The minimum absolute atomic E-state index is 0.107. The molecule has 0 aromatic heterocycles. The molecule has 0 atom stereocenters. The van der Waals surface area contributed by atoms with Gasteiger partial charge in [-0.15, -0.1) is 0 Å². The Balaban J connectivity index is 2.78. The Morgan fingerprint density at radius 3 is 2.42 bits per heavy atom. The van der Waals surface area contributed by atoms with E-state index in [0.29, 0.717) is 6.42 Å². The highest BCUT2D eigenvalue weighted by molar-refractivity contribution is 5.33. The van der Waals surface area contributed by atoms with Gasteiger partial charge in [-0.05, 0) is 12.0 Å². The van der Waals surface area contributed by atoms with Crippen molar-refractivity contribution in [1.82, 2.24) is 0 Å². The highest BCUT2D eigenvalue weighted by Gasteiger charge is 2.02. The molecule has 0 aliphatic heterocycles. The number of hydrogen-bond acceptors (Lipinski definition) is 3. The van der Waals surface area contributed by atoms with Crippen LogP contribution in [-0.4, -0.2) is 4.92 Å². The average Bonchev–Trinajstić information content (AvgIpc) is 2.06. The number of nitro groups is 1. The Kier molecular flexibility index (Phi) is 2.76. The summed E-state index contributed by atoms with van der Waals surface area (Å²) >= 11 is 0. The van der Waals surface area contributed by atoms with Gasteiger partial charge in [0.15, 0.2) is 0 Å². The maximum Gasteiger partial charge on any atom is 0.269 e. The fraction of sp³-hybridized carbons (Fsp3) is 0.125. The lowest BCUT2D eigenvalue weighted by atomic mass is 10.1. The molecule has 0 fully saturated rings. The second-order valence-electron chi connectivity index (χ2n) is 2.36. The van der Waals surface area contributed by atoms with Crippen LogP contribution in [0.3, 0.4) is 0 Å². The third kappa shape index (κ3) is 2.03. The summed E-state index contributed by atoms with van der Waals surface area (Å²) in [7, 11) is 0. The maximum atomic E-state index is 10.2. The fourth-order valence-electron chi connectivity index (χ4n) is 0.890. The molecule has 63 valence electrons. The Bertz CT molecular complexity index is 269. The van der Waals surface area contributed by atoms with E-state index in [2.05, 4.69) is 0 Å². The number of non-ortho nitro benzene ring substituents is 1. The molecule has 4 heteroatoms. The third-order valence-electron chi connectivity index (χ3n) is 1.50. The zero-order chi connectivity index (χ0) is 8.97. The van der Waals surface area contributed by atoms with Gasteiger partial charge < -0.3 is 5.73 Å². The highest BCUT2D eigenvalue weighted by Crippen LogP contribution is 2.11. The maximum absolute atomic E-state index is 10.2. The SMILES string of the molecule is N[CH]Cc1ccc([N+](=O)[O-])cc1. The van der Waals surface area contributed by atoms with Gasteiger partial charge in [0.05, 0.1) is 4.92 Å². The summed E-state index contributed by atoms with van der Waals surface area (Å²) in [5.74, 6) is 0. The van der Waals surface area contributed by atoms with Gasteiger partial charge in [-0.1, -0.05) is 12.1 Å². The normalized spacial score (nSPS) is 9.75. The van der Waals surface area contributed by atoms with E-state index in [9.17, 15) is 10.1 Å². The average molecular weight is 165 g/mol. The monoisotopic (exact) mass is 165 g/mol. The van der Waals surface area contributed by atoms with Crippen molar-refractivity contribution in [3.63, 3.8) is 0 Å². The molecule has 0 amide bonds. The van der Waals surface area contributed by atoms with Crippen LogP contribution in [0.25, 0.3) is 0 Å². The number of nitro benzene ring substituents is 1. The highest BCUT2D eigenvalue weighted by atomic mass is 16.6. The first-order valence-corrected chi connectivity index (χ1v) is 3.51. The number of hydrogen-bond donors (Lipinski definition) is 1. The first-order valence-electron chi connectivity index (χ1n) is 3.51. The smallest absolute Gasteiger partial charge is 0.269 e. The van der Waals surface area contributed by atoms with Crippen molar-refractivity contribution < 1.29 is 4.92 Å². The van der Waals surface area contributed by atoms with Gasteiger partial charge in [-0.3, -0.25) is 10.1 Å². The number of nitrogens with zero attached hydrogens (tertiary/aromatic N) is 1. The van der Waals surface area contributed by atoms with E-state index in [0.717, 1.165) is 5.56 Å². The predicted octanol–water partition coefficient (Wildman–Crippen LogP) is 1.26. The zero-order valence-corrected chi connectivity index (χ0v) is 6.43. The molecule has 0 bridgehead atoms. The molecule has 0 aliphatic rings. The van der Waals surface area contributed by atoms with Gasteiger partial charge >= 0.3 is 0 Å². The summed E-state index contributed by atoms with van der Waals surface area (Å²) in [6.07, 6.45) is 0.637. The van der Waals surface area contributed by atoms with Crippen LogP contribution in [0.5, 0.6) is 0 Å². The molecule has 1 aromatic carbocycles. The lowest BCUT2D eigenvalue weighted by molar-refractivity contribution is -0.384. The number of rotatable bonds is 3. The molecular formula is C8H9N2O2. The second-order valence-corrected chi connectivity index (χ2v) is 2.36. The first kappa shape index (κ1) is 8.67. The first-order chi connectivity index (χ1) is 5.74. The summed E-state index contributed by atoms with van der Waals surface area (Å²) in [6, 6.07) is 6.33. The summed E-state index contributed by atoms with van der Waals surface area (Å²) in [5, 5.41) is 10.2. The molecule has 0 spiro atoms. The molecule has 2 N–H and O–H groups in total. The van der Waals surface area contributed by atoms with Crippen molar-refractivity contribution in [3.8, 4) is 0 Å². The molecule has 0 saturated carbocycles. The van der Waals surface area contributed by atoms with Gasteiger partial charge in [0.2, 0.25) is 0 Å². The van der Waals surface area contributed by atoms with E-state index >= 15 is 0 Å². The quantitative estimate of drug-likeness (QED) is 0.541. The van der Waals surface area contributed by atoms with Gasteiger partial charge in [0, 0.05) is 18.7 Å². The van der Waals surface area contributed by atoms with Crippen molar-refractivity contribution in [2.75, 3.05) is 0 Å². The van der Waals surface area contributed by atoms with Gasteiger partial charge in [-0.2, -0.15) is 0 Å². The predicted molar refractivity (Wildman–Crippen MR) is 45.3 cm³/mol. The minimum atomic E-state index is -0.421. The van der Waals surface area contributed by atoms with Crippen molar-refractivity contribution in [2.45, 2.75) is 6.42 Å². The molecule has 4 nitrogen and oxygen atoms in total. The fourth-order valence-corrected chi connectivity index (χ4v) is 0.890. The number of benzene rings is 1. The summed E-state index contributed by atoms with van der Waals surface area (Å²) in [4.78, 5) is 9.82. The van der Waals surface area contributed by atoms with Crippen molar-refractivity contribution in [1.29, 1.82) is 0 Å². The van der Waals surface area contributed by atoms with Crippen LogP contribution in [0.1, 0.15) is 5.56 Å². The summed E-state index contributed by atoms with van der Waals surface area (Å²) in [6.45, 7) is 1.52. The Morgan fingerprint density at radius 1 is 1.42 bits per heavy atom. The van der Waals surface area contributed by atoms with Crippen LogP contribution < -0.4 is 5.73 Å². The largest absolute Gasteiger partial charge is 0.326 e. The second kappa shape index (κ2) is 3.82. The van der Waals surface area contributed by atoms with Crippen LogP contribution in [-0.2, 0) is 6.42 Å². The van der Waals surface area contributed by atoms with E-state index in [-0.39, 0.29) is 5.69 Å². The zero-order valence-electron chi connectivity index (χ0n) is 6.43. The lowest BCUT2D eigenvalue weighted by Gasteiger charge is -1.96. The van der Waals surface area contributed by atoms with E-state index in [1.54, 1.807) is 12.1 Å². The molecular weight excluding hydrogens is 156 g/mol. The Morgan fingerprint density at radius 2 is 2.00 bits per heavy atom. The van der Waals surface area contributed by atoms with Crippen molar-refractivity contribution in [2.24, 2.45) is 5.73 Å². The van der Waals surface area contributed by atoms with E-state index < -0.39 is 4.92 Å². The van der Waals surface area contributed by atoms with Crippen LogP contribution in [0.15, 0.2) is 24.3 Å². The van der Waals surface area contributed by atoms with Gasteiger partial charge in [0.25, 0.3) is 5.69 Å². The van der Waals surface area contributed by atoms with Crippen molar-refractivity contribution in [3.05, 3.63) is 46.5 Å². The third-order valence-corrected chi connectivity index (χ3v) is 1.50. The van der Waals surface area contributed by atoms with Crippen LogP contribution in [0, 0.1) is 16.7 Å². The van der Waals surface area contributed by atoms with E-state index in [4.69, 9.17) is 5.73 Å². The standard InChI is InChI=1S/C8H9N2O2/c9-6-5-7-1-3-8(4-2-7)10(11)12/h1-4,6H,5,9H2. The van der Waals surface area contributed by atoms with Gasteiger partial charge in [0.1, 0.15) is 0 Å².